The van der Waals surface area contributed by atoms with Gasteiger partial charge in [-0.05, 0) is 31.2 Å². The van der Waals surface area contributed by atoms with Crippen molar-refractivity contribution in [3.8, 4) is 5.75 Å². The number of ether oxygens (including phenoxy) is 1. The van der Waals surface area contributed by atoms with Crippen molar-refractivity contribution in [1.29, 1.82) is 0 Å². The van der Waals surface area contributed by atoms with Crippen molar-refractivity contribution in [3.63, 3.8) is 0 Å². The lowest BCUT2D eigenvalue weighted by Crippen LogP contribution is -2.18. The molecule has 1 aliphatic carbocycles. The van der Waals surface area contributed by atoms with Crippen molar-refractivity contribution in [2.75, 3.05) is 19.2 Å². The number of fused-ring (bicyclic) bond motifs is 1. The largest absolute Gasteiger partial charge is 0.497 e. The minimum atomic E-state index is 0.539. The van der Waals surface area contributed by atoms with E-state index in [2.05, 4.69) is 16.9 Å². The zero-order chi connectivity index (χ0) is 14.8. The third-order valence-electron chi connectivity index (χ3n) is 4.34. The van der Waals surface area contributed by atoms with Crippen LogP contribution in [-0.4, -0.2) is 34.0 Å². The number of imidazole rings is 1. The molecular weight excluding hydrogens is 304 g/mol. The highest BCUT2D eigenvalue weighted by Crippen LogP contribution is 2.40. The van der Waals surface area contributed by atoms with E-state index in [4.69, 9.17) is 21.3 Å². The van der Waals surface area contributed by atoms with Crippen LogP contribution in [0, 0.1) is 0 Å². The molecule has 21 heavy (non-hydrogen) atoms. The standard InChI is InChI=1S/C16H21ClN2OS/c1-20-11-6-7-13-12(10-11)18-16(8-9-17)19(13)14-4-3-5-15(14)21-2/h6-7,10,14-15H,3-5,8-9H2,1-2H3. The molecule has 2 unspecified atom stereocenters. The molecule has 0 aliphatic heterocycles. The molecule has 0 amide bonds. The Morgan fingerprint density at radius 1 is 1.43 bits per heavy atom. The first-order valence-electron chi connectivity index (χ1n) is 7.42. The molecule has 1 fully saturated rings. The van der Waals surface area contributed by atoms with E-state index in [0.29, 0.717) is 17.2 Å². The number of hydrogen-bond donors (Lipinski definition) is 0. The molecule has 1 aromatic carbocycles. The zero-order valence-corrected chi connectivity index (χ0v) is 14.1. The summed E-state index contributed by atoms with van der Waals surface area (Å²) in [6.45, 7) is 0. The Balaban J connectivity index is 2.11. The number of thioether (sulfide) groups is 1. The Bertz CT molecular complexity index is 628. The number of alkyl halides is 1. The molecule has 0 saturated heterocycles. The zero-order valence-electron chi connectivity index (χ0n) is 12.5. The number of benzene rings is 1. The number of hydrogen-bond acceptors (Lipinski definition) is 3. The van der Waals surface area contributed by atoms with E-state index in [9.17, 15) is 0 Å². The minimum Gasteiger partial charge on any atom is -0.497 e. The van der Waals surface area contributed by atoms with Crippen LogP contribution in [0.3, 0.4) is 0 Å². The van der Waals surface area contributed by atoms with Crippen LogP contribution >= 0.6 is 23.4 Å². The summed E-state index contributed by atoms with van der Waals surface area (Å²) in [5.41, 5.74) is 2.23. The highest BCUT2D eigenvalue weighted by Gasteiger charge is 2.30. The molecule has 3 rings (SSSR count). The molecule has 0 bridgehead atoms. The summed E-state index contributed by atoms with van der Waals surface area (Å²) in [7, 11) is 1.69. The number of aromatic nitrogens is 2. The first-order valence-corrected chi connectivity index (χ1v) is 9.24. The van der Waals surface area contributed by atoms with Crippen LogP contribution in [0.1, 0.15) is 31.1 Å². The van der Waals surface area contributed by atoms with E-state index < -0.39 is 0 Å². The Hall–Kier alpha value is -0.870. The number of halogens is 1. The Morgan fingerprint density at radius 2 is 2.29 bits per heavy atom. The topological polar surface area (TPSA) is 27.1 Å². The molecule has 0 N–H and O–H groups in total. The summed E-state index contributed by atoms with van der Waals surface area (Å²) in [4.78, 5) is 4.81. The smallest absolute Gasteiger partial charge is 0.121 e. The van der Waals surface area contributed by atoms with E-state index in [1.807, 2.05) is 23.9 Å². The lowest BCUT2D eigenvalue weighted by atomic mass is 10.2. The Morgan fingerprint density at radius 3 is 3.00 bits per heavy atom. The second-order valence-electron chi connectivity index (χ2n) is 5.46. The molecular formula is C16H21ClN2OS. The van der Waals surface area contributed by atoms with E-state index in [0.717, 1.165) is 23.5 Å². The fourth-order valence-electron chi connectivity index (χ4n) is 3.36. The van der Waals surface area contributed by atoms with Gasteiger partial charge in [0, 0.05) is 29.7 Å². The average Bonchev–Trinajstić information content (AvgIpc) is 3.09. The molecule has 1 saturated carbocycles. The van der Waals surface area contributed by atoms with E-state index >= 15 is 0 Å². The van der Waals surface area contributed by atoms with E-state index in [1.54, 1.807) is 7.11 Å². The number of nitrogens with zero attached hydrogens (tertiary/aromatic N) is 2. The third-order valence-corrected chi connectivity index (χ3v) is 5.68. The molecule has 1 aromatic heterocycles. The van der Waals surface area contributed by atoms with Gasteiger partial charge in [0.15, 0.2) is 0 Å². The van der Waals surface area contributed by atoms with Gasteiger partial charge >= 0.3 is 0 Å². The van der Waals surface area contributed by atoms with Gasteiger partial charge in [-0.3, -0.25) is 0 Å². The van der Waals surface area contributed by atoms with Crippen molar-refractivity contribution in [2.45, 2.75) is 37.0 Å². The highest BCUT2D eigenvalue weighted by molar-refractivity contribution is 7.99. The van der Waals surface area contributed by atoms with E-state index in [1.165, 1.54) is 24.8 Å². The third kappa shape index (κ3) is 2.76. The van der Waals surface area contributed by atoms with Crippen LogP contribution in [0.25, 0.3) is 11.0 Å². The summed E-state index contributed by atoms with van der Waals surface area (Å²) in [6, 6.07) is 6.71. The average molecular weight is 325 g/mol. The summed E-state index contributed by atoms with van der Waals surface area (Å²) in [5.74, 6) is 2.58. The SMILES string of the molecule is COc1ccc2c(c1)nc(CCCl)n2C1CCCC1SC. The second-order valence-corrected chi connectivity index (χ2v) is 6.92. The van der Waals surface area contributed by atoms with Crippen LogP contribution < -0.4 is 4.74 Å². The van der Waals surface area contributed by atoms with Gasteiger partial charge in [-0.25, -0.2) is 4.98 Å². The predicted octanol–water partition coefficient (Wildman–Crippen LogP) is 4.28. The number of methoxy groups -OCH3 is 1. The van der Waals surface area contributed by atoms with Gasteiger partial charge in [0.25, 0.3) is 0 Å². The summed E-state index contributed by atoms with van der Waals surface area (Å²) < 4.78 is 7.76. The van der Waals surface area contributed by atoms with Crippen molar-refractivity contribution < 1.29 is 4.74 Å². The van der Waals surface area contributed by atoms with Crippen LogP contribution in [-0.2, 0) is 6.42 Å². The second kappa shape index (κ2) is 6.49. The van der Waals surface area contributed by atoms with E-state index in [-0.39, 0.29) is 0 Å². The van der Waals surface area contributed by atoms with Crippen LogP contribution in [0.2, 0.25) is 0 Å². The molecule has 0 spiro atoms. The Kier molecular flexibility index (Phi) is 4.65. The molecule has 3 nitrogen and oxygen atoms in total. The van der Waals surface area contributed by atoms with Crippen molar-refractivity contribution in [1.82, 2.24) is 9.55 Å². The maximum absolute atomic E-state index is 5.99. The van der Waals surface area contributed by atoms with Gasteiger partial charge < -0.3 is 9.30 Å². The molecule has 2 aromatic rings. The van der Waals surface area contributed by atoms with Crippen molar-refractivity contribution in [2.24, 2.45) is 0 Å². The predicted molar refractivity (Wildman–Crippen MR) is 90.9 cm³/mol. The van der Waals surface area contributed by atoms with Gasteiger partial charge in [-0.2, -0.15) is 11.8 Å². The van der Waals surface area contributed by atoms with Crippen LogP contribution in [0.15, 0.2) is 18.2 Å². The highest BCUT2D eigenvalue weighted by atomic mass is 35.5. The molecule has 2 atom stereocenters. The molecule has 1 aliphatic rings. The maximum Gasteiger partial charge on any atom is 0.121 e. The molecule has 1 heterocycles. The number of rotatable bonds is 5. The number of aryl methyl sites for hydroxylation is 1. The normalized spacial score (nSPS) is 22.0. The lowest BCUT2D eigenvalue weighted by molar-refractivity contribution is 0.415. The van der Waals surface area contributed by atoms with Crippen LogP contribution in [0.4, 0.5) is 0 Å². The molecule has 114 valence electrons. The minimum absolute atomic E-state index is 0.539. The summed E-state index contributed by atoms with van der Waals surface area (Å²) in [6.07, 6.45) is 6.86. The van der Waals surface area contributed by atoms with Gasteiger partial charge in [0.2, 0.25) is 0 Å². The lowest BCUT2D eigenvalue weighted by Gasteiger charge is -2.22. The van der Waals surface area contributed by atoms with Gasteiger partial charge in [-0.1, -0.05) is 6.42 Å². The van der Waals surface area contributed by atoms with Gasteiger partial charge in [0.1, 0.15) is 11.6 Å². The quantitative estimate of drug-likeness (QED) is 0.768. The van der Waals surface area contributed by atoms with Gasteiger partial charge in [0.05, 0.1) is 18.1 Å². The fraction of sp³-hybridized carbons (Fsp3) is 0.562. The van der Waals surface area contributed by atoms with Gasteiger partial charge in [-0.15, -0.1) is 11.6 Å². The fourth-order valence-corrected chi connectivity index (χ4v) is 4.51. The monoisotopic (exact) mass is 324 g/mol. The molecule has 0 radical (unpaired) electrons. The maximum atomic E-state index is 5.99. The van der Waals surface area contributed by atoms with Crippen LogP contribution in [0.5, 0.6) is 5.75 Å². The first-order chi connectivity index (χ1) is 10.3. The summed E-state index contributed by atoms with van der Waals surface area (Å²) in [5, 5.41) is 0.679. The first kappa shape index (κ1) is 15.0. The van der Waals surface area contributed by atoms with Crippen molar-refractivity contribution >= 4 is 34.4 Å². The van der Waals surface area contributed by atoms with Crippen molar-refractivity contribution in [3.05, 3.63) is 24.0 Å². The summed E-state index contributed by atoms with van der Waals surface area (Å²) >= 11 is 7.96. The Labute approximate surface area is 135 Å². The molecule has 5 heteroatoms.